The van der Waals surface area contributed by atoms with E-state index in [4.69, 9.17) is 0 Å². The smallest absolute Gasteiger partial charge is 0.731 e. The number of piperazine rings is 1. The Morgan fingerprint density at radius 3 is 2.44 bits per heavy atom. The van der Waals surface area contributed by atoms with Crippen LogP contribution < -0.4 is 40.2 Å². The van der Waals surface area contributed by atoms with Crippen molar-refractivity contribution in [1.29, 1.82) is 0 Å². The van der Waals surface area contributed by atoms with E-state index in [1.165, 1.54) is 25.5 Å². The molecule has 0 bridgehead atoms. The molecular formula is C19H21N6NaO9S. The summed E-state index contributed by atoms with van der Waals surface area (Å²) in [5.41, 5.74) is 0.284. The second kappa shape index (κ2) is 12.3. The molecule has 2 atom stereocenters. The minimum absolute atomic E-state index is 0. The Kier molecular flexibility index (Phi) is 9.94. The Hall–Kier alpha value is -3.05. The van der Waals surface area contributed by atoms with Gasteiger partial charge in [-0.1, -0.05) is 35.5 Å². The number of urea groups is 1. The number of rotatable bonds is 8. The van der Waals surface area contributed by atoms with Gasteiger partial charge in [0.25, 0.3) is 5.91 Å². The molecule has 0 aliphatic carbocycles. The molecule has 2 heterocycles. The van der Waals surface area contributed by atoms with Gasteiger partial charge in [-0.25, -0.2) is 17.5 Å². The molecule has 0 spiro atoms. The number of hydrogen-bond acceptors (Lipinski definition) is 10. The summed E-state index contributed by atoms with van der Waals surface area (Å²) in [6.07, 6.45) is 1.28. The third-order valence-corrected chi connectivity index (χ3v) is 6.05. The molecule has 1 aromatic rings. The number of β-lactam (4-membered cyclic amide) rings is 1. The molecule has 17 heteroatoms. The monoisotopic (exact) mass is 532 g/mol. The third-order valence-electron chi connectivity index (χ3n) is 5.18. The Labute approximate surface area is 227 Å². The first kappa shape index (κ1) is 29.2. The minimum Gasteiger partial charge on any atom is -0.731 e. The first-order valence-electron chi connectivity index (χ1n) is 10.1. The van der Waals surface area contributed by atoms with Gasteiger partial charge in [-0.15, -0.1) is 0 Å². The largest absolute Gasteiger partial charge is 1.00 e. The van der Waals surface area contributed by atoms with E-state index in [1.807, 2.05) is 0 Å². The molecule has 0 aromatic heterocycles. The summed E-state index contributed by atoms with van der Waals surface area (Å²) in [7, 11) is -3.68. The van der Waals surface area contributed by atoms with Crippen molar-refractivity contribution in [2.45, 2.75) is 12.1 Å². The number of nitrogens with one attached hydrogen (secondary N) is 2. The van der Waals surface area contributed by atoms with Crippen molar-refractivity contribution < 1.29 is 71.3 Å². The minimum atomic E-state index is -5.00. The summed E-state index contributed by atoms with van der Waals surface area (Å²) in [6.45, 7) is -0.689. The average Bonchev–Trinajstić information content (AvgIpc) is 2.82. The predicted molar refractivity (Wildman–Crippen MR) is 115 cm³/mol. The maximum Gasteiger partial charge on any atom is 1.00 e. The van der Waals surface area contributed by atoms with E-state index in [9.17, 15) is 36.9 Å². The first-order valence-corrected chi connectivity index (χ1v) is 11.5. The first-order chi connectivity index (χ1) is 16.5. The van der Waals surface area contributed by atoms with E-state index in [0.29, 0.717) is 4.90 Å². The molecule has 0 radical (unpaired) electrons. The molecule has 2 N–H and O–H groups in total. The van der Waals surface area contributed by atoms with Crippen molar-refractivity contribution in [2.75, 3.05) is 33.3 Å². The van der Waals surface area contributed by atoms with Crippen LogP contribution in [0.4, 0.5) is 4.79 Å². The molecule has 2 aliphatic heterocycles. The van der Waals surface area contributed by atoms with Crippen LogP contribution in [0.1, 0.15) is 11.6 Å². The topological polar surface area (TPSA) is 198 Å². The van der Waals surface area contributed by atoms with Gasteiger partial charge in [0, 0.05) is 13.1 Å². The number of carbonyl (C=O) groups excluding carboxylic acids is 5. The molecule has 6 amide bonds. The standard InChI is InChI=1S/C19H22N6O9S.Na/c1-34-20-7-8-23-9-10-24(18(29)17(23)28)19(30)22-14(12-5-3-2-4-6-12)15(26)21-13-11-25(16(13)27)35(31,32)33;/h2-7,13-14H,8-11H2,1H3,(H,21,26)(H,22,30)(H,31,32,33);/q;+1/p-1. The van der Waals surface area contributed by atoms with Crippen LogP contribution in [0.3, 0.4) is 0 Å². The van der Waals surface area contributed by atoms with Crippen LogP contribution in [0.25, 0.3) is 0 Å². The summed E-state index contributed by atoms with van der Waals surface area (Å²) in [5, 5.41) is 8.13. The van der Waals surface area contributed by atoms with Gasteiger partial charge in [0.15, 0.2) is 10.3 Å². The van der Waals surface area contributed by atoms with Crippen LogP contribution in [0.5, 0.6) is 0 Å². The van der Waals surface area contributed by atoms with Gasteiger partial charge in [0.1, 0.15) is 19.2 Å². The van der Waals surface area contributed by atoms with Crippen molar-refractivity contribution in [1.82, 2.24) is 24.7 Å². The average molecular weight is 532 g/mol. The molecule has 2 fully saturated rings. The van der Waals surface area contributed by atoms with Crippen LogP contribution in [-0.2, 0) is 34.3 Å². The Morgan fingerprint density at radius 1 is 1.19 bits per heavy atom. The molecule has 0 saturated carbocycles. The molecule has 3 rings (SSSR count). The van der Waals surface area contributed by atoms with Crippen molar-refractivity contribution in [2.24, 2.45) is 5.16 Å². The molecule has 1 aromatic carbocycles. The van der Waals surface area contributed by atoms with Crippen molar-refractivity contribution >= 4 is 46.2 Å². The SMILES string of the molecule is CON=CCN1CCN(C(=O)NC(C(=O)NC2CN(S(=O)(=O)[O-])C2=O)c2ccccc2)C(=O)C1=O.[Na+]. The maximum absolute atomic E-state index is 12.9. The Morgan fingerprint density at radius 2 is 1.86 bits per heavy atom. The number of oxime groups is 1. The van der Waals surface area contributed by atoms with Crippen molar-refractivity contribution in [3.05, 3.63) is 35.9 Å². The number of hydrogen-bond donors (Lipinski definition) is 2. The quantitative estimate of drug-likeness (QED) is 0.0819. The fourth-order valence-electron chi connectivity index (χ4n) is 3.36. The van der Waals surface area contributed by atoms with Gasteiger partial charge < -0.3 is 24.9 Å². The summed E-state index contributed by atoms with van der Waals surface area (Å²) in [5.74, 6) is -4.06. The summed E-state index contributed by atoms with van der Waals surface area (Å²) < 4.78 is 33.0. The van der Waals surface area contributed by atoms with E-state index < -0.39 is 58.6 Å². The zero-order valence-corrected chi connectivity index (χ0v) is 22.1. The predicted octanol–water partition coefficient (Wildman–Crippen LogP) is -5.47. The number of imide groups is 1. The molecular weight excluding hydrogens is 511 g/mol. The summed E-state index contributed by atoms with van der Waals surface area (Å²) in [6, 6.07) is 4.11. The van der Waals surface area contributed by atoms with Gasteiger partial charge in [0.05, 0.1) is 19.3 Å². The molecule has 188 valence electrons. The number of amides is 6. The van der Waals surface area contributed by atoms with Gasteiger partial charge in [-0.2, -0.15) is 0 Å². The van der Waals surface area contributed by atoms with E-state index in [1.54, 1.807) is 18.2 Å². The van der Waals surface area contributed by atoms with E-state index in [2.05, 4.69) is 20.6 Å². The third kappa shape index (κ3) is 6.58. The second-order valence-corrected chi connectivity index (χ2v) is 8.66. The summed E-state index contributed by atoms with van der Waals surface area (Å²) in [4.78, 5) is 68.7. The van der Waals surface area contributed by atoms with Crippen molar-refractivity contribution in [3.8, 4) is 0 Å². The number of carbonyl (C=O) groups is 5. The van der Waals surface area contributed by atoms with Crippen molar-refractivity contribution in [3.63, 3.8) is 0 Å². The van der Waals surface area contributed by atoms with E-state index >= 15 is 0 Å². The zero-order valence-electron chi connectivity index (χ0n) is 19.3. The van der Waals surface area contributed by atoms with Crippen LogP contribution in [-0.4, -0.2) is 102 Å². The Balaban J connectivity index is 0.00000456. The molecule has 2 aliphatic rings. The molecule has 15 nitrogen and oxygen atoms in total. The number of benzene rings is 1. The second-order valence-electron chi connectivity index (χ2n) is 7.36. The fraction of sp³-hybridized carbons (Fsp3) is 0.368. The van der Waals surface area contributed by atoms with Gasteiger partial charge in [0.2, 0.25) is 5.91 Å². The fourth-order valence-corrected chi connectivity index (χ4v) is 4.03. The summed E-state index contributed by atoms with van der Waals surface area (Å²) >= 11 is 0. The van der Waals surface area contributed by atoms with Crippen LogP contribution in [0.2, 0.25) is 0 Å². The maximum atomic E-state index is 12.9. The van der Waals surface area contributed by atoms with Crippen LogP contribution in [0.15, 0.2) is 35.5 Å². The Bertz CT molecular complexity index is 1160. The molecule has 2 saturated heterocycles. The molecule has 36 heavy (non-hydrogen) atoms. The van der Waals surface area contributed by atoms with Gasteiger partial charge in [-0.05, 0) is 5.56 Å². The van der Waals surface area contributed by atoms with E-state index in [-0.39, 0.29) is 59.1 Å². The van der Waals surface area contributed by atoms with E-state index in [0.717, 1.165) is 4.90 Å². The van der Waals surface area contributed by atoms with Crippen LogP contribution >= 0.6 is 0 Å². The van der Waals surface area contributed by atoms with Gasteiger partial charge in [-0.3, -0.25) is 24.1 Å². The zero-order chi connectivity index (χ0) is 25.8. The normalized spacial score (nSPS) is 18.9. The number of nitrogens with zero attached hydrogens (tertiary/aromatic N) is 4. The molecule has 2 unspecified atom stereocenters. The van der Waals surface area contributed by atoms with Gasteiger partial charge >= 0.3 is 47.4 Å². The van der Waals surface area contributed by atoms with Crippen LogP contribution in [0, 0.1) is 0 Å².